The van der Waals surface area contributed by atoms with Crippen molar-refractivity contribution in [3.05, 3.63) is 83.2 Å². The number of pyridine rings is 1. The zero-order valence-electron chi connectivity index (χ0n) is 23.0. The molecule has 1 aliphatic carbocycles. The molecule has 1 atom stereocenters. The molecule has 1 saturated carbocycles. The molecule has 2 aliphatic rings. The Hall–Kier alpha value is -4.07. The molecule has 0 radical (unpaired) electrons. The highest BCUT2D eigenvalue weighted by atomic mass is 16.5. The number of carbonyl (C=O) groups excluding carboxylic acids is 1. The highest BCUT2D eigenvalue weighted by molar-refractivity contribution is 5.93. The molecule has 2 fully saturated rings. The van der Waals surface area contributed by atoms with Gasteiger partial charge in [0.05, 0.1) is 19.6 Å². The summed E-state index contributed by atoms with van der Waals surface area (Å²) in [4.78, 5) is 30.0. The maximum atomic E-state index is 13.0. The largest absolute Gasteiger partial charge is 0.493 e. The lowest BCUT2D eigenvalue weighted by Crippen LogP contribution is -2.48. The Balaban J connectivity index is 1.11. The highest BCUT2D eigenvalue weighted by Crippen LogP contribution is 2.40. The summed E-state index contributed by atoms with van der Waals surface area (Å²) in [7, 11) is 1.64. The lowest BCUT2D eigenvalue weighted by molar-refractivity contribution is -0.141. The number of hydrogen-bond donors (Lipinski definition) is 1. The molecule has 1 aliphatic heterocycles. The SMILES string of the molecule is COc1cc(C2CN(C(=O)c3cc(OCCCC(C)C(=O)O)ccn3)C2)ccc1OCc1ccc(C2CC2)cc1. The smallest absolute Gasteiger partial charge is 0.306 e. The molecule has 2 heterocycles. The monoisotopic (exact) mass is 544 g/mol. The summed E-state index contributed by atoms with van der Waals surface area (Å²) in [6.07, 6.45) is 5.30. The molecule has 0 spiro atoms. The van der Waals surface area contributed by atoms with Crippen molar-refractivity contribution < 1.29 is 28.9 Å². The molecule has 1 saturated heterocycles. The van der Waals surface area contributed by atoms with Crippen molar-refractivity contribution in [3.63, 3.8) is 0 Å². The predicted octanol–water partition coefficient (Wildman–Crippen LogP) is 5.67. The molecule has 1 N–H and O–H groups in total. The Kier molecular flexibility index (Phi) is 8.53. The van der Waals surface area contributed by atoms with Gasteiger partial charge in [-0.1, -0.05) is 37.3 Å². The molecule has 8 nitrogen and oxygen atoms in total. The van der Waals surface area contributed by atoms with Crippen molar-refractivity contribution in [1.29, 1.82) is 0 Å². The summed E-state index contributed by atoms with van der Waals surface area (Å²) in [5.41, 5.74) is 3.97. The average Bonchev–Trinajstić information content (AvgIpc) is 3.79. The van der Waals surface area contributed by atoms with Gasteiger partial charge in [0, 0.05) is 31.3 Å². The second kappa shape index (κ2) is 12.4. The van der Waals surface area contributed by atoms with Gasteiger partial charge in [-0.3, -0.25) is 14.6 Å². The molecule has 40 heavy (non-hydrogen) atoms. The van der Waals surface area contributed by atoms with Gasteiger partial charge in [0.1, 0.15) is 18.1 Å². The summed E-state index contributed by atoms with van der Waals surface area (Å²) >= 11 is 0. The molecule has 2 aromatic carbocycles. The number of hydrogen-bond acceptors (Lipinski definition) is 6. The van der Waals surface area contributed by atoms with Crippen LogP contribution in [0, 0.1) is 5.92 Å². The van der Waals surface area contributed by atoms with Crippen LogP contribution in [-0.4, -0.2) is 53.7 Å². The van der Waals surface area contributed by atoms with E-state index >= 15 is 0 Å². The van der Waals surface area contributed by atoms with Gasteiger partial charge in [-0.25, -0.2) is 0 Å². The van der Waals surface area contributed by atoms with Crippen LogP contribution in [0.25, 0.3) is 0 Å². The molecule has 0 bridgehead atoms. The number of rotatable bonds is 13. The summed E-state index contributed by atoms with van der Waals surface area (Å²) in [6, 6.07) is 18.0. The third kappa shape index (κ3) is 6.73. The van der Waals surface area contributed by atoms with Crippen molar-refractivity contribution >= 4 is 11.9 Å². The lowest BCUT2D eigenvalue weighted by Gasteiger charge is -2.39. The first-order valence-electron chi connectivity index (χ1n) is 13.9. The Bertz CT molecular complexity index is 1330. The topological polar surface area (TPSA) is 98.2 Å². The van der Waals surface area contributed by atoms with Crippen LogP contribution in [0.4, 0.5) is 0 Å². The molecular weight excluding hydrogens is 508 g/mol. The number of benzene rings is 2. The van der Waals surface area contributed by atoms with E-state index in [1.54, 1.807) is 37.3 Å². The van der Waals surface area contributed by atoms with Crippen LogP contribution in [0.1, 0.15) is 71.6 Å². The van der Waals surface area contributed by atoms with Crippen LogP contribution in [0.2, 0.25) is 0 Å². The quantitative estimate of drug-likeness (QED) is 0.277. The molecule has 1 unspecified atom stereocenters. The number of ether oxygens (including phenoxy) is 3. The van der Waals surface area contributed by atoms with Gasteiger partial charge in [-0.2, -0.15) is 0 Å². The van der Waals surface area contributed by atoms with Crippen molar-refractivity contribution in [2.45, 2.75) is 51.0 Å². The summed E-state index contributed by atoms with van der Waals surface area (Å²) in [5.74, 6) is 1.53. The number of methoxy groups -OCH3 is 1. The van der Waals surface area contributed by atoms with Gasteiger partial charge in [0.25, 0.3) is 5.91 Å². The van der Waals surface area contributed by atoms with Crippen LogP contribution in [0.5, 0.6) is 17.2 Å². The lowest BCUT2D eigenvalue weighted by atomic mass is 9.91. The summed E-state index contributed by atoms with van der Waals surface area (Å²) in [5, 5.41) is 8.99. The van der Waals surface area contributed by atoms with E-state index in [9.17, 15) is 9.59 Å². The first-order chi connectivity index (χ1) is 19.4. The van der Waals surface area contributed by atoms with Crippen LogP contribution in [0.15, 0.2) is 60.8 Å². The van der Waals surface area contributed by atoms with Crippen molar-refractivity contribution in [2.75, 3.05) is 26.8 Å². The van der Waals surface area contributed by atoms with Gasteiger partial charge in [-0.05, 0) is 66.5 Å². The van der Waals surface area contributed by atoms with Gasteiger partial charge in [-0.15, -0.1) is 0 Å². The van der Waals surface area contributed by atoms with E-state index in [0.717, 1.165) is 17.0 Å². The third-order valence-electron chi connectivity index (χ3n) is 7.67. The third-order valence-corrected chi connectivity index (χ3v) is 7.67. The minimum Gasteiger partial charge on any atom is -0.493 e. The number of likely N-dealkylation sites (tertiary alicyclic amines) is 1. The molecule has 8 heteroatoms. The first kappa shape index (κ1) is 27.5. The van der Waals surface area contributed by atoms with E-state index < -0.39 is 11.9 Å². The minimum atomic E-state index is -0.808. The maximum Gasteiger partial charge on any atom is 0.306 e. The fraction of sp³-hybridized carbons (Fsp3) is 0.406. The number of carbonyl (C=O) groups is 2. The highest BCUT2D eigenvalue weighted by Gasteiger charge is 2.33. The number of carboxylic acid groups (broad SMARTS) is 1. The fourth-order valence-corrected chi connectivity index (χ4v) is 4.86. The van der Waals surface area contributed by atoms with E-state index in [1.165, 1.54) is 18.4 Å². The summed E-state index contributed by atoms with van der Waals surface area (Å²) < 4.78 is 17.4. The molecule has 210 valence electrons. The zero-order valence-corrected chi connectivity index (χ0v) is 23.0. The molecule has 1 aromatic heterocycles. The standard InChI is InChI=1S/C32H36N2O6/c1-21(32(36)37)4-3-15-39-27-13-14-33-28(17-27)31(35)34-18-26(19-34)25-11-12-29(30(16-25)38-2)40-20-22-5-7-23(8-6-22)24-9-10-24/h5-8,11-14,16-17,21,24,26H,3-4,9-10,15,18-20H2,1-2H3,(H,36,37). The Labute approximate surface area is 234 Å². The molecule has 1 amide bonds. The summed E-state index contributed by atoms with van der Waals surface area (Å²) in [6.45, 7) is 3.73. The van der Waals surface area contributed by atoms with Crippen molar-refractivity contribution in [2.24, 2.45) is 5.92 Å². The molecule has 3 aromatic rings. The van der Waals surface area contributed by atoms with Crippen LogP contribution >= 0.6 is 0 Å². The maximum absolute atomic E-state index is 13.0. The number of nitrogens with zero attached hydrogens (tertiary/aromatic N) is 2. The van der Waals surface area contributed by atoms with Crippen LogP contribution in [0.3, 0.4) is 0 Å². The van der Waals surface area contributed by atoms with Gasteiger partial charge in [0.2, 0.25) is 0 Å². The number of amides is 1. The van der Waals surface area contributed by atoms with Gasteiger partial charge in [0.15, 0.2) is 11.5 Å². The van der Waals surface area contributed by atoms with E-state index in [1.807, 2.05) is 18.2 Å². The van der Waals surface area contributed by atoms with E-state index in [2.05, 4.69) is 29.2 Å². The van der Waals surface area contributed by atoms with E-state index in [0.29, 0.717) is 62.1 Å². The average molecular weight is 545 g/mol. The normalized spacial score (nSPS) is 15.7. The molecular formula is C32H36N2O6. The van der Waals surface area contributed by atoms with Gasteiger partial charge < -0.3 is 24.2 Å². The van der Waals surface area contributed by atoms with E-state index in [4.69, 9.17) is 19.3 Å². The number of aliphatic carboxylic acids is 1. The van der Waals surface area contributed by atoms with Crippen LogP contribution < -0.4 is 14.2 Å². The van der Waals surface area contributed by atoms with Crippen molar-refractivity contribution in [3.8, 4) is 17.2 Å². The number of carboxylic acids is 1. The Morgan fingerprint density at radius 2 is 1.73 bits per heavy atom. The second-order valence-electron chi connectivity index (χ2n) is 10.7. The minimum absolute atomic E-state index is 0.138. The van der Waals surface area contributed by atoms with Crippen LogP contribution in [-0.2, 0) is 11.4 Å². The molecule has 5 rings (SSSR count). The van der Waals surface area contributed by atoms with E-state index in [-0.39, 0.29) is 11.8 Å². The van der Waals surface area contributed by atoms with Gasteiger partial charge >= 0.3 is 5.97 Å². The fourth-order valence-electron chi connectivity index (χ4n) is 4.86. The first-order valence-corrected chi connectivity index (χ1v) is 13.9. The zero-order chi connectivity index (χ0) is 28.1. The second-order valence-corrected chi connectivity index (χ2v) is 10.7. The predicted molar refractivity (Wildman–Crippen MR) is 150 cm³/mol. The Morgan fingerprint density at radius 1 is 0.975 bits per heavy atom. The number of aromatic nitrogens is 1. The Morgan fingerprint density at radius 3 is 2.42 bits per heavy atom. The van der Waals surface area contributed by atoms with Crippen molar-refractivity contribution in [1.82, 2.24) is 9.88 Å².